The van der Waals surface area contributed by atoms with Gasteiger partial charge in [-0.2, -0.15) is 0 Å². The molecule has 2 aliphatic rings. The number of hydrogen-bond donors (Lipinski definition) is 2. The van der Waals surface area contributed by atoms with Crippen molar-refractivity contribution in [3.8, 4) is 0 Å². The van der Waals surface area contributed by atoms with Crippen LogP contribution in [0.3, 0.4) is 0 Å². The van der Waals surface area contributed by atoms with Crippen LogP contribution in [0, 0.1) is 0 Å². The summed E-state index contributed by atoms with van der Waals surface area (Å²) in [5.74, 6) is 0. The Labute approximate surface area is 138 Å². The number of nitrogens with zero attached hydrogens (tertiary/aromatic N) is 2. The van der Waals surface area contributed by atoms with E-state index in [-0.39, 0.29) is 12.2 Å². The second-order valence-electron chi connectivity index (χ2n) is 5.29. The van der Waals surface area contributed by atoms with Crippen LogP contribution in [0.15, 0.2) is 0 Å². The fraction of sp³-hybridized carbons (Fsp3) is 0.867. The van der Waals surface area contributed by atoms with E-state index in [4.69, 9.17) is 9.47 Å². The molecule has 2 amide bonds. The largest absolute Gasteiger partial charge is 0.450 e. The molecule has 23 heavy (non-hydrogen) atoms. The second kappa shape index (κ2) is 12.0. The Balaban J connectivity index is 0.000000231. The molecule has 8 nitrogen and oxygen atoms in total. The summed E-state index contributed by atoms with van der Waals surface area (Å²) in [6.45, 7) is 11.4. The molecule has 0 spiro atoms. The maximum Gasteiger partial charge on any atom is 0.409 e. The van der Waals surface area contributed by atoms with Crippen molar-refractivity contribution in [2.45, 2.75) is 20.3 Å². The van der Waals surface area contributed by atoms with Crippen LogP contribution in [0.2, 0.25) is 0 Å². The number of piperazine rings is 2. The maximum atomic E-state index is 11.2. The molecule has 134 valence electrons. The van der Waals surface area contributed by atoms with Gasteiger partial charge in [-0.15, -0.1) is 0 Å². The van der Waals surface area contributed by atoms with E-state index < -0.39 is 0 Å². The Kier molecular flexibility index (Phi) is 10.1. The first-order valence-corrected chi connectivity index (χ1v) is 8.43. The van der Waals surface area contributed by atoms with Gasteiger partial charge in [-0.3, -0.25) is 0 Å². The second-order valence-corrected chi connectivity index (χ2v) is 5.29. The quantitative estimate of drug-likeness (QED) is 0.783. The summed E-state index contributed by atoms with van der Waals surface area (Å²) in [4.78, 5) is 25.8. The molecule has 0 atom stereocenters. The highest BCUT2D eigenvalue weighted by molar-refractivity contribution is 5.68. The number of rotatable bonds is 3. The zero-order valence-corrected chi connectivity index (χ0v) is 14.3. The molecule has 0 aromatic heterocycles. The summed E-state index contributed by atoms with van der Waals surface area (Å²) < 4.78 is 9.83. The minimum absolute atomic E-state index is 0.168. The lowest BCUT2D eigenvalue weighted by atomic mass is 10.4. The minimum atomic E-state index is -0.186. The van der Waals surface area contributed by atoms with Gasteiger partial charge in [0.25, 0.3) is 0 Å². The Morgan fingerprint density at radius 2 is 1.26 bits per heavy atom. The lowest BCUT2D eigenvalue weighted by Gasteiger charge is -2.26. The Morgan fingerprint density at radius 3 is 1.65 bits per heavy atom. The van der Waals surface area contributed by atoms with Crippen molar-refractivity contribution < 1.29 is 19.1 Å². The van der Waals surface area contributed by atoms with E-state index in [0.717, 1.165) is 58.8 Å². The number of carbonyl (C=O) groups is 2. The number of nitrogens with one attached hydrogen (secondary N) is 2. The van der Waals surface area contributed by atoms with Gasteiger partial charge in [0, 0.05) is 52.4 Å². The van der Waals surface area contributed by atoms with Gasteiger partial charge in [0.1, 0.15) is 0 Å². The fourth-order valence-corrected chi connectivity index (χ4v) is 2.19. The average Bonchev–Trinajstić information content (AvgIpc) is 2.62. The topological polar surface area (TPSA) is 83.1 Å². The van der Waals surface area contributed by atoms with E-state index in [1.165, 1.54) is 0 Å². The van der Waals surface area contributed by atoms with Crippen LogP contribution in [0.4, 0.5) is 9.59 Å². The molecule has 0 aliphatic carbocycles. The molecule has 0 unspecified atom stereocenters. The van der Waals surface area contributed by atoms with Gasteiger partial charge in [-0.1, -0.05) is 6.92 Å². The predicted octanol–water partition coefficient (Wildman–Crippen LogP) is 0.486. The summed E-state index contributed by atoms with van der Waals surface area (Å²) in [5.41, 5.74) is 0. The average molecular weight is 330 g/mol. The fourth-order valence-electron chi connectivity index (χ4n) is 2.19. The molecule has 2 saturated heterocycles. The lowest BCUT2D eigenvalue weighted by molar-refractivity contribution is 0.0977. The van der Waals surface area contributed by atoms with Gasteiger partial charge in [0.15, 0.2) is 0 Å². The van der Waals surface area contributed by atoms with Crippen molar-refractivity contribution in [3.05, 3.63) is 0 Å². The normalized spacial score (nSPS) is 17.8. The third-order valence-corrected chi connectivity index (χ3v) is 3.45. The van der Waals surface area contributed by atoms with Crippen LogP contribution >= 0.6 is 0 Å². The highest BCUT2D eigenvalue weighted by Crippen LogP contribution is 1.97. The number of ether oxygens (including phenoxy) is 2. The van der Waals surface area contributed by atoms with E-state index in [0.29, 0.717) is 13.2 Å². The number of amides is 2. The van der Waals surface area contributed by atoms with Crippen molar-refractivity contribution >= 4 is 12.2 Å². The van der Waals surface area contributed by atoms with Gasteiger partial charge >= 0.3 is 12.2 Å². The molecule has 0 radical (unpaired) electrons. The number of hydrogen-bond acceptors (Lipinski definition) is 6. The van der Waals surface area contributed by atoms with Crippen LogP contribution < -0.4 is 10.6 Å². The summed E-state index contributed by atoms with van der Waals surface area (Å²) in [7, 11) is 0. The van der Waals surface area contributed by atoms with Crippen molar-refractivity contribution in [3.63, 3.8) is 0 Å². The number of carbonyl (C=O) groups excluding carboxylic acids is 2. The van der Waals surface area contributed by atoms with E-state index in [9.17, 15) is 9.59 Å². The lowest BCUT2D eigenvalue weighted by Crippen LogP contribution is -2.46. The third kappa shape index (κ3) is 8.03. The first-order chi connectivity index (χ1) is 11.2. The first-order valence-electron chi connectivity index (χ1n) is 8.43. The van der Waals surface area contributed by atoms with Crippen LogP contribution in [-0.4, -0.2) is 87.6 Å². The van der Waals surface area contributed by atoms with Crippen LogP contribution in [-0.2, 0) is 9.47 Å². The Morgan fingerprint density at radius 1 is 0.826 bits per heavy atom. The zero-order valence-electron chi connectivity index (χ0n) is 14.3. The molecule has 8 heteroatoms. The highest BCUT2D eigenvalue weighted by atomic mass is 16.6. The van der Waals surface area contributed by atoms with Crippen LogP contribution in [0.1, 0.15) is 20.3 Å². The molecule has 2 aliphatic heterocycles. The standard InChI is InChI=1S/C8H16N2O2.C7H14N2O2/c1-2-7-12-8(11)10-5-3-9-4-6-10;1-2-11-7(10)9-5-3-8-4-6-9/h9H,2-7H2,1H3;8H,2-6H2,1H3. The highest BCUT2D eigenvalue weighted by Gasteiger charge is 2.17. The van der Waals surface area contributed by atoms with Crippen molar-refractivity contribution in [1.82, 2.24) is 20.4 Å². The summed E-state index contributed by atoms with van der Waals surface area (Å²) in [6.07, 6.45) is 0.532. The molecule has 0 aromatic carbocycles. The monoisotopic (exact) mass is 330 g/mol. The van der Waals surface area contributed by atoms with E-state index in [1.807, 2.05) is 13.8 Å². The molecule has 2 rings (SSSR count). The minimum Gasteiger partial charge on any atom is -0.450 e. The third-order valence-electron chi connectivity index (χ3n) is 3.45. The van der Waals surface area contributed by atoms with E-state index in [2.05, 4.69) is 10.6 Å². The van der Waals surface area contributed by atoms with Gasteiger partial charge in [0.05, 0.1) is 13.2 Å². The van der Waals surface area contributed by atoms with Gasteiger partial charge in [0.2, 0.25) is 0 Å². The van der Waals surface area contributed by atoms with Gasteiger partial charge in [-0.25, -0.2) is 9.59 Å². The molecular weight excluding hydrogens is 300 g/mol. The van der Waals surface area contributed by atoms with Crippen molar-refractivity contribution in [2.24, 2.45) is 0 Å². The Hall–Kier alpha value is -1.54. The molecule has 0 saturated carbocycles. The molecular formula is C15H30N4O4. The molecule has 2 fully saturated rings. The van der Waals surface area contributed by atoms with Gasteiger partial charge < -0.3 is 29.9 Å². The van der Waals surface area contributed by atoms with E-state index >= 15 is 0 Å². The molecule has 2 heterocycles. The van der Waals surface area contributed by atoms with Crippen LogP contribution in [0.25, 0.3) is 0 Å². The smallest absolute Gasteiger partial charge is 0.409 e. The molecule has 2 N–H and O–H groups in total. The van der Waals surface area contributed by atoms with E-state index in [1.54, 1.807) is 9.80 Å². The maximum absolute atomic E-state index is 11.2. The van der Waals surface area contributed by atoms with Gasteiger partial charge in [-0.05, 0) is 13.3 Å². The van der Waals surface area contributed by atoms with Crippen LogP contribution in [0.5, 0.6) is 0 Å². The van der Waals surface area contributed by atoms with Crippen molar-refractivity contribution in [1.29, 1.82) is 0 Å². The first kappa shape index (κ1) is 19.5. The molecule has 0 aromatic rings. The zero-order chi connectivity index (χ0) is 16.9. The Bertz CT molecular complexity index is 342. The van der Waals surface area contributed by atoms with Crippen molar-refractivity contribution in [2.75, 3.05) is 65.6 Å². The predicted molar refractivity (Wildman–Crippen MR) is 87.5 cm³/mol. The summed E-state index contributed by atoms with van der Waals surface area (Å²) in [5, 5.41) is 6.34. The summed E-state index contributed by atoms with van der Waals surface area (Å²) >= 11 is 0. The SMILES string of the molecule is CCCOC(=O)N1CCNCC1.CCOC(=O)N1CCNCC1. The molecule has 0 bridgehead atoms. The summed E-state index contributed by atoms with van der Waals surface area (Å²) in [6, 6.07) is 0.